The molecule has 4 rings (SSSR count). The first-order chi connectivity index (χ1) is 16.2. The van der Waals surface area contributed by atoms with E-state index >= 15 is 0 Å². The van der Waals surface area contributed by atoms with Crippen LogP contribution < -0.4 is 5.32 Å². The topological polar surface area (TPSA) is 104 Å². The van der Waals surface area contributed by atoms with Crippen molar-refractivity contribution < 1.29 is 21.6 Å². The Hall–Kier alpha value is -2.27. The minimum absolute atomic E-state index is 0.148. The summed E-state index contributed by atoms with van der Waals surface area (Å²) in [5.74, 6) is -0.624. The van der Waals surface area contributed by atoms with Gasteiger partial charge >= 0.3 is 0 Å². The average Bonchev–Trinajstić information content (AvgIpc) is 3.39. The van der Waals surface area contributed by atoms with Crippen LogP contribution in [0.2, 0.25) is 0 Å². The van der Waals surface area contributed by atoms with Crippen LogP contribution in [0.1, 0.15) is 36.8 Å². The van der Waals surface area contributed by atoms with Gasteiger partial charge in [-0.15, -0.1) is 0 Å². The van der Waals surface area contributed by atoms with Crippen molar-refractivity contribution in [3.05, 3.63) is 59.7 Å². The molecule has 1 unspecified atom stereocenters. The zero-order valence-corrected chi connectivity index (χ0v) is 20.9. The second-order valence-electron chi connectivity index (χ2n) is 8.99. The third-order valence-electron chi connectivity index (χ3n) is 6.51. The molecule has 1 amide bonds. The van der Waals surface area contributed by atoms with Crippen molar-refractivity contribution in [1.82, 2.24) is 13.9 Å². The molecule has 0 aliphatic carbocycles. The maximum atomic E-state index is 13.0. The quantitative estimate of drug-likeness (QED) is 0.623. The van der Waals surface area contributed by atoms with Crippen molar-refractivity contribution in [3.63, 3.8) is 0 Å². The summed E-state index contributed by atoms with van der Waals surface area (Å²) in [6.45, 7) is 3.81. The fourth-order valence-corrected chi connectivity index (χ4v) is 7.47. The van der Waals surface area contributed by atoms with Crippen molar-refractivity contribution >= 4 is 26.0 Å². The minimum atomic E-state index is -3.65. The van der Waals surface area contributed by atoms with E-state index in [1.807, 2.05) is 6.92 Å². The summed E-state index contributed by atoms with van der Waals surface area (Å²) in [6.07, 6.45) is 3.01. The molecule has 10 heteroatoms. The number of rotatable bonds is 7. The van der Waals surface area contributed by atoms with Crippen molar-refractivity contribution in [2.24, 2.45) is 5.92 Å². The van der Waals surface area contributed by atoms with Gasteiger partial charge in [0.2, 0.25) is 26.0 Å². The Morgan fingerprint density at radius 2 is 1.35 bits per heavy atom. The fourth-order valence-electron chi connectivity index (χ4n) is 4.42. The van der Waals surface area contributed by atoms with E-state index < -0.39 is 26.0 Å². The lowest BCUT2D eigenvalue weighted by atomic mass is 9.99. The third-order valence-corrected chi connectivity index (χ3v) is 10.3. The molecule has 2 heterocycles. The number of carbonyl (C=O) groups excluding carboxylic acids is 1. The number of piperidine rings is 1. The number of sulfonamides is 2. The van der Waals surface area contributed by atoms with Gasteiger partial charge in [0.05, 0.1) is 15.7 Å². The summed E-state index contributed by atoms with van der Waals surface area (Å²) in [6, 6.07) is 13.3. The van der Waals surface area contributed by atoms with Gasteiger partial charge in [0.1, 0.15) is 0 Å². The van der Waals surface area contributed by atoms with Crippen LogP contribution >= 0.6 is 0 Å². The van der Waals surface area contributed by atoms with Crippen LogP contribution in [0.3, 0.4) is 0 Å². The Labute approximate surface area is 202 Å². The minimum Gasteiger partial charge on any atom is -0.352 e. The first-order valence-corrected chi connectivity index (χ1v) is 14.5. The molecule has 2 aliphatic heterocycles. The molecular formula is C24H31N3O5S2. The van der Waals surface area contributed by atoms with E-state index in [1.54, 1.807) is 48.5 Å². The van der Waals surface area contributed by atoms with Crippen LogP contribution in [-0.2, 0) is 31.4 Å². The molecule has 2 aliphatic rings. The summed E-state index contributed by atoms with van der Waals surface area (Å²) in [5.41, 5.74) is 1.77. The zero-order chi connectivity index (χ0) is 24.3. The van der Waals surface area contributed by atoms with Gasteiger partial charge < -0.3 is 5.32 Å². The van der Waals surface area contributed by atoms with E-state index in [-0.39, 0.29) is 28.8 Å². The lowest BCUT2D eigenvalue weighted by molar-refractivity contribution is -0.126. The number of aryl methyl sites for hydroxylation is 1. The molecule has 184 valence electrons. The Bertz CT molecular complexity index is 1220. The zero-order valence-electron chi connectivity index (χ0n) is 19.3. The molecule has 34 heavy (non-hydrogen) atoms. The standard InChI is InChI=1S/C24H31N3O5S2/c1-19-6-10-22(11-7-19)34(31,32)27-16-4-5-21(18-27)24(28)25-17-20-8-12-23(13-9-20)33(29,30)26-14-2-3-15-26/h6-13,21H,2-5,14-18H2,1H3,(H,25,28). The highest BCUT2D eigenvalue weighted by molar-refractivity contribution is 7.89. The second-order valence-corrected chi connectivity index (χ2v) is 12.9. The summed E-state index contributed by atoms with van der Waals surface area (Å²) in [4.78, 5) is 13.3. The number of nitrogens with zero attached hydrogens (tertiary/aromatic N) is 2. The van der Waals surface area contributed by atoms with Gasteiger partial charge in [-0.1, -0.05) is 29.8 Å². The highest BCUT2D eigenvalue weighted by Gasteiger charge is 2.33. The molecule has 1 atom stereocenters. The lowest BCUT2D eigenvalue weighted by Gasteiger charge is -2.31. The lowest BCUT2D eigenvalue weighted by Crippen LogP contribution is -2.45. The number of benzene rings is 2. The number of nitrogens with one attached hydrogen (secondary N) is 1. The second kappa shape index (κ2) is 10.2. The van der Waals surface area contributed by atoms with E-state index in [4.69, 9.17) is 0 Å². The van der Waals surface area contributed by atoms with Gasteiger partial charge in [-0.25, -0.2) is 16.8 Å². The molecule has 0 spiro atoms. The van der Waals surface area contributed by atoms with Gasteiger partial charge in [-0.3, -0.25) is 4.79 Å². The molecule has 2 fully saturated rings. The molecule has 0 bridgehead atoms. The highest BCUT2D eigenvalue weighted by atomic mass is 32.2. The Morgan fingerprint density at radius 1 is 0.824 bits per heavy atom. The third kappa shape index (κ3) is 5.35. The average molecular weight is 506 g/mol. The Kier molecular flexibility index (Phi) is 7.42. The van der Waals surface area contributed by atoms with Gasteiger partial charge in [0.15, 0.2) is 0 Å². The van der Waals surface area contributed by atoms with E-state index in [0.29, 0.717) is 32.5 Å². The number of hydrogen-bond donors (Lipinski definition) is 1. The molecule has 0 radical (unpaired) electrons. The van der Waals surface area contributed by atoms with E-state index in [2.05, 4.69) is 5.32 Å². The van der Waals surface area contributed by atoms with Crippen LogP contribution in [0.5, 0.6) is 0 Å². The highest BCUT2D eigenvalue weighted by Crippen LogP contribution is 2.25. The fraction of sp³-hybridized carbons (Fsp3) is 0.458. The van der Waals surface area contributed by atoms with E-state index in [0.717, 1.165) is 24.0 Å². The maximum absolute atomic E-state index is 13.0. The van der Waals surface area contributed by atoms with Gasteiger partial charge in [0.25, 0.3) is 0 Å². The molecule has 2 saturated heterocycles. The molecule has 8 nitrogen and oxygen atoms in total. The summed E-state index contributed by atoms with van der Waals surface area (Å²) < 4.78 is 54.2. The molecule has 2 aromatic carbocycles. The number of amides is 1. The van der Waals surface area contributed by atoms with E-state index in [1.165, 1.54) is 8.61 Å². The van der Waals surface area contributed by atoms with Crippen LogP contribution in [0.25, 0.3) is 0 Å². The van der Waals surface area contributed by atoms with Crippen molar-refractivity contribution in [2.75, 3.05) is 26.2 Å². The molecule has 0 saturated carbocycles. The monoisotopic (exact) mass is 505 g/mol. The SMILES string of the molecule is Cc1ccc(S(=O)(=O)N2CCCC(C(=O)NCc3ccc(S(=O)(=O)N4CCCC4)cc3)C2)cc1. The smallest absolute Gasteiger partial charge is 0.243 e. The molecule has 0 aromatic heterocycles. The van der Waals surface area contributed by atoms with E-state index in [9.17, 15) is 21.6 Å². The van der Waals surface area contributed by atoms with Crippen LogP contribution in [0, 0.1) is 12.8 Å². The van der Waals surface area contributed by atoms with Gasteiger partial charge in [-0.05, 0) is 62.4 Å². The number of hydrogen-bond acceptors (Lipinski definition) is 5. The van der Waals surface area contributed by atoms with Gasteiger partial charge in [-0.2, -0.15) is 8.61 Å². The van der Waals surface area contributed by atoms with Crippen molar-refractivity contribution in [2.45, 2.75) is 48.9 Å². The maximum Gasteiger partial charge on any atom is 0.243 e. The summed E-state index contributed by atoms with van der Waals surface area (Å²) >= 11 is 0. The molecule has 1 N–H and O–H groups in total. The summed E-state index contributed by atoms with van der Waals surface area (Å²) in [5, 5.41) is 2.88. The Balaban J connectivity index is 1.35. The Morgan fingerprint density at radius 3 is 1.97 bits per heavy atom. The molecule has 2 aromatic rings. The predicted octanol–water partition coefficient (Wildman–Crippen LogP) is 2.50. The number of carbonyl (C=O) groups is 1. The first-order valence-electron chi connectivity index (χ1n) is 11.6. The van der Waals surface area contributed by atoms with Crippen LogP contribution in [0.15, 0.2) is 58.3 Å². The van der Waals surface area contributed by atoms with Crippen molar-refractivity contribution in [3.8, 4) is 0 Å². The van der Waals surface area contributed by atoms with Gasteiger partial charge in [0, 0.05) is 32.7 Å². The summed E-state index contributed by atoms with van der Waals surface area (Å²) in [7, 11) is -7.11. The first kappa shape index (κ1) is 24.8. The normalized spacial score (nSPS) is 20.3. The van der Waals surface area contributed by atoms with Crippen molar-refractivity contribution in [1.29, 1.82) is 0 Å². The largest absolute Gasteiger partial charge is 0.352 e. The van der Waals surface area contributed by atoms with Crippen LogP contribution in [0.4, 0.5) is 0 Å². The molecular weight excluding hydrogens is 474 g/mol. The predicted molar refractivity (Wildman–Crippen MR) is 129 cm³/mol. The van der Waals surface area contributed by atoms with Crippen LogP contribution in [-0.4, -0.2) is 57.5 Å².